The molecular weight excluding hydrogens is 256 g/mol. The highest BCUT2D eigenvalue weighted by atomic mass is 32.1. The SMILES string of the molecule is Cc1ccc(CNC(=O)C2(C(N)=S)CC(C)C2)cc1. The van der Waals surface area contributed by atoms with E-state index in [1.54, 1.807) is 0 Å². The quantitative estimate of drug-likeness (QED) is 0.830. The van der Waals surface area contributed by atoms with Crippen molar-refractivity contribution in [1.82, 2.24) is 5.32 Å². The van der Waals surface area contributed by atoms with Gasteiger partial charge in [0.1, 0.15) is 0 Å². The van der Waals surface area contributed by atoms with Crippen LogP contribution in [-0.4, -0.2) is 10.9 Å². The smallest absolute Gasteiger partial charge is 0.233 e. The average molecular weight is 276 g/mol. The lowest BCUT2D eigenvalue weighted by Gasteiger charge is -2.44. The zero-order valence-electron chi connectivity index (χ0n) is 11.4. The second-order valence-corrected chi connectivity index (χ2v) is 6.07. The summed E-state index contributed by atoms with van der Waals surface area (Å²) in [7, 11) is 0. The maximum absolute atomic E-state index is 12.3. The number of nitrogens with two attached hydrogens (primary N) is 1. The summed E-state index contributed by atoms with van der Waals surface area (Å²) < 4.78 is 0. The molecule has 0 spiro atoms. The Labute approximate surface area is 119 Å². The fraction of sp³-hybridized carbons (Fsp3) is 0.467. The molecule has 2 rings (SSSR count). The van der Waals surface area contributed by atoms with E-state index in [1.165, 1.54) is 5.56 Å². The molecule has 3 nitrogen and oxygen atoms in total. The number of nitrogens with one attached hydrogen (secondary N) is 1. The molecule has 0 heterocycles. The highest BCUT2D eigenvalue weighted by Crippen LogP contribution is 2.45. The highest BCUT2D eigenvalue weighted by Gasteiger charge is 2.50. The van der Waals surface area contributed by atoms with Gasteiger partial charge in [-0.3, -0.25) is 4.79 Å². The van der Waals surface area contributed by atoms with Crippen molar-refractivity contribution in [3.63, 3.8) is 0 Å². The third-order valence-electron chi connectivity index (χ3n) is 3.87. The van der Waals surface area contributed by atoms with Crippen LogP contribution in [0.5, 0.6) is 0 Å². The van der Waals surface area contributed by atoms with Gasteiger partial charge in [0.05, 0.1) is 10.4 Å². The number of thiocarbonyl (C=S) groups is 1. The van der Waals surface area contributed by atoms with E-state index >= 15 is 0 Å². The predicted octanol–water partition coefficient (Wildman–Crippen LogP) is 2.31. The van der Waals surface area contributed by atoms with Gasteiger partial charge in [0.2, 0.25) is 5.91 Å². The minimum atomic E-state index is -0.612. The molecule has 19 heavy (non-hydrogen) atoms. The number of hydrogen-bond donors (Lipinski definition) is 2. The van der Waals surface area contributed by atoms with Gasteiger partial charge in [0, 0.05) is 6.54 Å². The largest absolute Gasteiger partial charge is 0.392 e. The van der Waals surface area contributed by atoms with E-state index < -0.39 is 5.41 Å². The summed E-state index contributed by atoms with van der Waals surface area (Å²) in [5, 5.41) is 2.96. The van der Waals surface area contributed by atoms with Crippen molar-refractivity contribution >= 4 is 23.1 Å². The number of rotatable bonds is 4. The van der Waals surface area contributed by atoms with Gasteiger partial charge in [-0.2, -0.15) is 0 Å². The maximum Gasteiger partial charge on any atom is 0.233 e. The predicted molar refractivity (Wildman–Crippen MR) is 80.6 cm³/mol. The summed E-state index contributed by atoms with van der Waals surface area (Å²) in [6.07, 6.45) is 1.53. The lowest BCUT2D eigenvalue weighted by Crippen LogP contribution is -2.55. The molecule has 1 fully saturated rings. The first kappa shape index (κ1) is 14.0. The molecule has 1 aliphatic carbocycles. The van der Waals surface area contributed by atoms with Crippen LogP contribution in [-0.2, 0) is 11.3 Å². The standard InChI is InChI=1S/C15H20N2OS/c1-10-3-5-12(6-4-10)9-17-14(18)15(13(16)19)7-11(2)8-15/h3-6,11H,7-9H2,1-2H3,(H2,16,19)(H,17,18). The molecule has 0 radical (unpaired) electrons. The van der Waals surface area contributed by atoms with Gasteiger partial charge in [0.15, 0.2) is 0 Å². The van der Waals surface area contributed by atoms with Crippen LogP contribution < -0.4 is 11.1 Å². The third kappa shape index (κ3) is 2.78. The molecule has 1 aliphatic rings. The van der Waals surface area contributed by atoms with E-state index in [9.17, 15) is 4.79 Å². The minimum Gasteiger partial charge on any atom is -0.392 e. The molecule has 0 saturated heterocycles. The number of carbonyl (C=O) groups is 1. The summed E-state index contributed by atoms with van der Waals surface area (Å²) in [6.45, 7) is 4.68. The highest BCUT2D eigenvalue weighted by molar-refractivity contribution is 7.80. The molecule has 1 aromatic carbocycles. The van der Waals surface area contributed by atoms with Gasteiger partial charge in [-0.15, -0.1) is 0 Å². The van der Waals surface area contributed by atoms with Gasteiger partial charge < -0.3 is 11.1 Å². The molecule has 1 aromatic rings. The zero-order chi connectivity index (χ0) is 14.0. The summed E-state index contributed by atoms with van der Waals surface area (Å²) in [5.41, 5.74) is 7.44. The molecule has 0 bridgehead atoms. The molecule has 1 saturated carbocycles. The normalized spacial score (nSPS) is 25.5. The van der Waals surface area contributed by atoms with Crippen LogP contribution in [0.1, 0.15) is 30.9 Å². The van der Waals surface area contributed by atoms with Crippen LogP contribution in [0, 0.1) is 18.3 Å². The van der Waals surface area contributed by atoms with Gasteiger partial charge in [-0.05, 0) is 31.2 Å². The minimum absolute atomic E-state index is 0.0290. The van der Waals surface area contributed by atoms with E-state index in [1.807, 2.05) is 31.2 Å². The maximum atomic E-state index is 12.3. The Morgan fingerprint density at radius 1 is 1.42 bits per heavy atom. The van der Waals surface area contributed by atoms with Crippen molar-refractivity contribution in [3.05, 3.63) is 35.4 Å². The van der Waals surface area contributed by atoms with Crippen LogP contribution in [0.4, 0.5) is 0 Å². The van der Waals surface area contributed by atoms with Crippen LogP contribution in [0.2, 0.25) is 0 Å². The molecule has 102 valence electrons. The number of carbonyl (C=O) groups excluding carboxylic acids is 1. The second-order valence-electron chi connectivity index (χ2n) is 5.63. The number of hydrogen-bond acceptors (Lipinski definition) is 2. The van der Waals surface area contributed by atoms with Crippen molar-refractivity contribution in [2.45, 2.75) is 33.2 Å². The Balaban J connectivity index is 1.97. The lowest BCUT2D eigenvalue weighted by atomic mass is 9.62. The van der Waals surface area contributed by atoms with Crippen molar-refractivity contribution in [2.75, 3.05) is 0 Å². The average Bonchev–Trinajstić information content (AvgIpc) is 2.33. The Morgan fingerprint density at radius 3 is 2.47 bits per heavy atom. The second kappa shape index (κ2) is 5.29. The van der Waals surface area contributed by atoms with Gasteiger partial charge in [-0.1, -0.05) is 49.0 Å². The van der Waals surface area contributed by atoms with Crippen molar-refractivity contribution in [1.29, 1.82) is 0 Å². The topological polar surface area (TPSA) is 55.1 Å². The zero-order valence-corrected chi connectivity index (χ0v) is 12.2. The first-order chi connectivity index (χ1) is 8.94. The fourth-order valence-electron chi connectivity index (χ4n) is 2.69. The first-order valence-electron chi connectivity index (χ1n) is 6.58. The van der Waals surface area contributed by atoms with E-state index in [2.05, 4.69) is 12.2 Å². The molecule has 0 aromatic heterocycles. The van der Waals surface area contributed by atoms with Crippen molar-refractivity contribution in [3.8, 4) is 0 Å². The molecule has 1 amide bonds. The molecule has 4 heteroatoms. The van der Waals surface area contributed by atoms with E-state index in [0.29, 0.717) is 17.5 Å². The van der Waals surface area contributed by atoms with Crippen molar-refractivity contribution < 1.29 is 4.79 Å². The molecule has 3 N–H and O–H groups in total. The summed E-state index contributed by atoms with van der Waals surface area (Å²) in [5.74, 6) is 0.491. The van der Waals surface area contributed by atoms with E-state index in [0.717, 1.165) is 18.4 Å². The molecule has 0 atom stereocenters. The van der Waals surface area contributed by atoms with Gasteiger partial charge in [0.25, 0.3) is 0 Å². The molecule has 0 unspecified atom stereocenters. The Morgan fingerprint density at radius 2 is 2.00 bits per heavy atom. The monoisotopic (exact) mass is 276 g/mol. The summed E-state index contributed by atoms with van der Waals surface area (Å²) in [4.78, 5) is 12.6. The van der Waals surface area contributed by atoms with E-state index in [-0.39, 0.29) is 5.91 Å². The first-order valence-corrected chi connectivity index (χ1v) is 6.98. The Bertz CT molecular complexity index is 489. The number of aryl methyl sites for hydroxylation is 1. The number of benzene rings is 1. The van der Waals surface area contributed by atoms with E-state index in [4.69, 9.17) is 18.0 Å². The Hall–Kier alpha value is -1.42. The molecular formula is C15H20N2OS. The summed E-state index contributed by atoms with van der Waals surface area (Å²) >= 11 is 5.07. The fourth-order valence-corrected chi connectivity index (χ4v) is 2.95. The van der Waals surface area contributed by atoms with Gasteiger partial charge in [-0.25, -0.2) is 0 Å². The van der Waals surface area contributed by atoms with Crippen LogP contribution in [0.3, 0.4) is 0 Å². The number of amides is 1. The molecule has 0 aliphatic heterocycles. The van der Waals surface area contributed by atoms with Crippen molar-refractivity contribution in [2.24, 2.45) is 17.1 Å². The van der Waals surface area contributed by atoms with Crippen LogP contribution >= 0.6 is 12.2 Å². The summed E-state index contributed by atoms with van der Waals surface area (Å²) in [6, 6.07) is 8.12. The Kier molecular flexibility index (Phi) is 3.90. The van der Waals surface area contributed by atoms with Crippen LogP contribution in [0.25, 0.3) is 0 Å². The van der Waals surface area contributed by atoms with Crippen LogP contribution in [0.15, 0.2) is 24.3 Å². The van der Waals surface area contributed by atoms with Gasteiger partial charge >= 0.3 is 0 Å². The third-order valence-corrected chi connectivity index (χ3v) is 4.26. The lowest BCUT2D eigenvalue weighted by molar-refractivity contribution is -0.133.